The molecule has 0 unspecified atom stereocenters. The van der Waals surface area contributed by atoms with Crippen LogP contribution < -0.4 is 10.6 Å². The van der Waals surface area contributed by atoms with Crippen LogP contribution in [0.25, 0.3) is 0 Å². The lowest BCUT2D eigenvalue weighted by atomic mass is 10.0. The number of hydrogen-bond donors (Lipinski definition) is 2. The van der Waals surface area contributed by atoms with Crippen molar-refractivity contribution in [2.75, 3.05) is 31.5 Å². The first-order chi connectivity index (χ1) is 11.4. The Bertz CT molecular complexity index is 601. The van der Waals surface area contributed by atoms with Crippen LogP contribution >= 0.6 is 0 Å². The molecular weight excluding hydrogens is 282 g/mol. The minimum atomic E-state index is 0.306. The molecule has 0 bridgehead atoms. The summed E-state index contributed by atoms with van der Waals surface area (Å²) in [6, 6.07) is 19.5. The third kappa shape index (κ3) is 4.21. The van der Waals surface area contributed by atoms with Gasteiger partial charge < -0.3 is 10.6 Å². The molecule has 0 aliphatic carbocycles. The van der Waals surface area contributed by atoms with Crippen LogP contribution in [0.15, 0.2) is 67.3 Å². The molecule has 0 amide bonds. The van der Waals surface area contributed by atoms with Crippen LogP contribution in [0.4, 0.5) is 5.69 Å². The van der Waals surface area contributed by atoms with Crippen LogP contribution in [0.3, 0.4) is 0 Å². The second kappa shape index (κ2) is 7.95. The first-order valence-electron chi connectivity index (χ1n) is 8.32. The first kappa shape index (κ1) is 15.8. The van der Waals surface area contributed by atoms with Crippen LogP contribution in [-0.4, -0.2) is 31.1 Å². The molecule has 2 aromatic rings. The van der Waals surface area contributed by atoms with E-state index in [1.807, 2.05) is 6.07 Å². The Balaban J connectivity index is 1.62. The Morgan fingerprint density at radius 2 is 1.74 bits per heavy atom. The van der Waals surface area contributed by atoms with E-state index in [1.54, 1.807) is 0 Å². The summed E-state index contributed by atoms with van der Waals surface area (Å²) in [5, 5.41) is 6.88. The molecule has 0 aromatic heterocycles. The average Bonchev–Trinajstić information content (AvgIpc) is 2.63. The highest BCUT2D eigenvalue weighted by Gasteiger charge is 2.19. The number of hydrogen-bond acceptors (Lipinski definition) is 3. The third-order valence-corrected chi connectivity index (χ3v) is 4.36. The highest BCUT2D eigenvalue weighted by molar-refractivity contribution is 5.46. The molecule has 0 saturated carbocycles. The predicted octanol–water partition coefficient (Wildman–Crippen LogP) is 3.43. The fourth-order valence-electron chi connectivity index (χ4n) is 3.05. The minimum Gasteiger partial charge on any atom is -0.381 e. The second-order valence-corrected chi connectivity index (χ2v) is 5.93. The zero-order chi connectivity index (χ0) is 15.9. The highest BCUT2D eigenvalue weighted by Crippen LogP contribution is 2.24. The lowest BCUT2D eigenvalue weighted by molar-refractivity contribution is 0.203. The van der Waals surface area contributed by atoms with Gasteiger partial charge in [-0.1, -0.05) is 48.5 Å². The summed E-state index contributed by atoms with van der Waals surface area (Å²) in [5.41, 5.74) is 3.76. The van der Waals surface area contributed by atoms with Crippen molar-refractivity contribution in [3.05, 3.63) is 78.4 Å². The van der Waals surface area contributed by atoms with Crippen molar-refractivity contribution < 1.29 is 0 Å². The Kier molecular flexibility index (Phi) is 5.46. The molecular formula is C20H25N3. The quantitative estimate of drug-likeness (QED) is 0.801. The number of rotatable bonds is 6. The van der Waals surface area contributed by atoms with Gasteiger partial charge in [-0.2, -0.15) is 0 Å². The van der Waals surface area contributed by atoms with E-state index in [2.05, 4.69) is 76.7 Å². The van der Waals surface area contributed by atoms with E-state index in [1.165, 1.54) is 11.1 Å². The molecule has 1 heterocycles. The maximum Gasteiger partial charge on any atom is 0.0530 e. The molecule has 3 heteroatoms. The zero-order valence-electron chi connectivity index (χ0n) is 13.5. The van der Waals surface area contributed by atoms with E-state index in [0.717, 1.165) is 38.4 Å². The summed E-state index contributed by atoms with van der Waals surface area (Å²) in [5.74, 6) is 0. The maximum absolute atomic E-state index is 4.03. The van der Waals surface area contributed by atoms with Gasteiger partial charge in [0.1, 0.15) is 0 Å². The van der Waals surface area contributed by atoms with Crippen molar-refractivity contribution in [1.29, 1.82) is 0 Å². The maximum atomic E-state index is 4.03. The lowest BCUT2D eigenvalue weighted by Gasteiger charge is -2.33. The molecule has 2 N–H and O–H groups in total. The topological polar surface area (TPSA) is 27.3 Å². The number of nitrogens with zero attached hydrogens (tertiary/aromatic N) is 1. The SMILES string of the molecule is C=C[C@@H](c1ccc(NCc2ccccc2)cc1)N1CCNCC1. The highest BCUT2D eigenvalue weighted by atomic mass is 15.2. The van der Waals surface area contributed by atoms with Crippen LogP contribution in [0.2, 0.25) is 0 Å². The van der Waals surface area contributed by atoms with Gasteiger partial charge in [0.15, 0.2) is 0 Å². The summed E-state index contributed by atoms with van der Waals surface area (Å²) in [6.07, 6.45) is 2.05. The average molecular weight is 307 g/mol. The van der Waals surface area contributed by atoms with Gasteiger partial charge in [0.05, 0.1) is 6.04 Å². The van der Waals surface area contributed by atoms with E-state index < -0.39 is 0 Å². The molecule has 1 aliphatic rings. The number of benzene rings is 2. The van der Waals surface area contributed by atoms with Gasteiger partial charge in [0.25, 0.3) is 0 Å². The Morgan fingerprint density at radius 3 is 2.39 bits per heavy atom. The standard InChI is InChI=1S/C20H25N3/c1-2-20(23-14-12-21-13-15-23)18-8-10-19(11-9-18)22-16-17-6-4-3-5-7-17/h2-11,20-22H,1,12-16H2/t20-/m0/s1. The fraction of sp³-hybridized carbons (Fsp3) is 0.300. The molecule has 0 spiro atoms. The van der Waals surface area contributed by atoms with Crippen molar-refractivity contribution in [1.82, 2.24) is 10.2 Å². The Hall–Kier alpha value is -2.10. The number of nitrogens with one attached hydrogen (secondary N) is 2. The van der Waals surface area contributed by atoms with Gasteiger partial charge in [0, 0.05) is 38.4 Å². The van der Waals surface area contributed by atoms with Crippen LogP contribution in [0.1, 0.15) is 17.2 Å². The van der Waals surface area contributed by atoms with Gasteiger partial charge in [-0.05, 0) is 23.3 Å². The van der Waals surface area contributed by atoms with Gasteiger partial charge in [-0.15, -0.1) is 6.58 Å². The van der Waals surface area contributed by atoms with E-state index in [-0.39, 0.29) is 0 Å². The summed E-state index contributed by atoms with van der Waals surface area (Å²) in [7, 11) is 0. The van der Waals surface area contributed by atoms with Crippen molar-refractivity contribution in [3.63, 3.8) is 0 Å². The van der Waals surface area contributed by atoms with Crippen LogP contribution in [-0.2, 0) is 6.54 Å². The van der Waals surface area contributed by atoms with Gasteiger partial charge in [-0.25, -0.2) is 0 Å². The molecule has 1 aliphatic heterocycles. The van der Waals surface area contributed by atoms with E-state index in [4.69, 9.17) is 0 Å². The molecule has 3 rings (SSSR count). The van der Waals surface area contributed by atoms with Crippen molar-refractivity contribution in [2.24, 2.45) is 0 Å². The monoisotopic (exact) mass is 307 g/mol. The smallest absolute Gasteiger partial charge is 0.0530 e. The molecule has 0 radical (unpaired) electrons. The zero-order valence-corrected chi connectivity index (χ0v) is 13.5. The third-order valence-electron chi connectivity index (χ3n) is 4.36. The summed E-state index contributed by atoms with van der Waals surface area (Å²) in [6.45, 7) is 9.14. The Labute approximate surface area is 139 Å². The van der Waals surface area contributed by atoms with Gasteiger partial charge >= 0.3 is 0 Å². The molecule has 23 heavy (non-hydrogen) atoms. The second-order valence-electron chi connectivity index (χ2n) is 5.93. The molecule has 3 nitrogen and oxygen atoms in total. The van der Waals surface area contributed by atoms with Crippen molar-refractivity contribution in [3.8, 4) is 0 Å². The number of anilines is 1. The predicted molar refractivity (Wildman–Crippen MR) is 97.6 cm³/mol. The first-order valence-corrected chi connectivity index (χ1v) is 8.32. The van der Waals surface area contributed by atoms with Crippen LogP contribution in [0, 0.1) is 0 Å². The van der Waals surface area contributed by atoms with Gasteiger partial charge in [0.2, 0.25) is 0 Å². The fourth-order valence-corrected chi connectivity index (χ4v) is 3.05. The number of piperazine rings is 1. The van der Waals surface area contributed by atoms with E-state index in [9.17, 15) is 0 Å². The molecule has 1 fully saturated rings. The molecule has 2 aromatic carbocycles. The molecule has 1 saturated heterocycles. The molecule has 120 valence electrons. The minimum absolute atomic E-state index is 0.306. The normalized spacial score (nSPS) is 16.7. The van der Waals surface area contributed by atoms with Crippen molar-refractivity contribution >= 4 is 5.69 Å². The van der Waals surface area contributed by atoms with E-state index >= 15 is 0 Å². The van der Waals surface area contributed by atoms with Crippen molar-refractivity contribution in [2.45, 2.75) is 12.6 Å². The molecule has 1 atom stereocenters. The summed E-state index contributed by atoms with van der Waals surface area (Å²) in [4.78, 5) is 2.48. The Morgan fingerprint density at radius 1 is 1.04 bits per heavy atom. The van der Waals surface area contributed by atoms with Gasteiger partial charge in [-0.3, -0.25) is 4.90 Å². The largest absolute Gasteiger partial charge is 0.381 e. The summed E-state index contributed by atoms with van der Waals surface area (Å²) >= 11 is 0. The van der Waals surface area contributed by atoms with Crippen LogP contribution in [0.5, 0.6) is 0 Å². The summed E-state index contributed by atoms with van der Waals surface area (Å²) < 4.78 is 0. The lowest BCUT2D eigenvalue weighted by Crippen LogP contribution is -2.44. The van der Waals surface area contributed by atoms with E-state index in [0.29, 0.717) is 6.04 Å².